The molecule has 20 aromatic rings. The van der Waals surface area contributed by atoms with Crippen LogP contribution in [0.5, 0.6) is 0 Å². The van der Waals surface area contributed by atoms with Gasteiger partial charge in [0.15, 0.2) is 0 Å². The van der Waals surface area contributed by atoms with E-state index in [1.165, 1.54) is 77.6 Å². The van der Waals surface area contributed by atoms with E-state index in [2.05, 4.69) is 138 Å². The number of rotatable bonds is 25. The highest BCUT2D eigenvalue weighted by Crippen LogP contribution is 2.47. The fourth-order valence-corrected chi connectivity index (χ4v) is 20.4. The van der Waals surface area contributed by atoms with Crippen LogP contribution < -0.4 is 21.7 Å². The normalized spacial score (nSPS) is 15.0. The first-order valence-electron chi connectivity index (χ1n) is 47.6. The second kappa shape index (κ2) is 40.0. The van der Waals surface area contributed by atoms with Crippen molar-refractivity contribution in [1.82, 2.24) is 96.3 Å². The Labute approximate surface area is 815 Å². The van der Waals surface area contributed by atoms with Crippen molar-refractivity contribution in [3.8, 4) is 90.6 Å². The molecule has 710 valence electrons. The summed E-state index contributed by atoms with van der Waals surface area (Å²) in [5.41, 5.74) is 22.8. The van der Waals surface area contributed by atoms with Crippen molar-refractivity contribution < 1.29 is 30.7 Å². The lowest BCUT2D eigenvalue weighted by Crippen LogP contribution is -2.14. The topological polar surface area (TPSA) is 256 Å². The Morgan fingerprint density at radius 2 is 0.624 bits per heavy atom. The number of aromatic nitrogens is 20. The monoisotopic (exact) mass is 1950 g/mol. The molecule has 0 bridgehead atoms. The van der Waals surface area contributed by atoms with Crippen molar-refractivity contribution in [2.45, 2.75) is 142 Å². The van der Waals surface area contributed by atoms with Crippen LogP contribution >= 0.6 is 15.9 Å². The van der Waals surface area contributed by atoms with Crippen molar-refractivity contribution in [3.63, 3.8) is 0 Å². The Morgan fingerprint density at radius 3 is 0.957 bits per heavy atom. The van der Waals surface area contributed by atoms with E-state index in [-0.39, 0.29) is 70.8 Å². The number of hydrogen-bond acceptors (Lipinski definition) is 16. The van der Waals surface area contributed by atoms with Crippen LogP contribution in [-0.2, 0) is 51.9 Å². The average Bonchev–Trinajstić information content (AvgIpc) is 1.61. The van der Waals surface area contributed by atoms with Gasteiger partial charge in [-0.05, 0) is 280 Å². The number of benzene rings is 8. The molecular formula is C109H98BrF7N24. The quantitative estimate of drug-likeness (QED) is 0.0306. The number of nitrogens with zero attached hydrogens (tertiary/aromatic N) is 20. The Kier molecular flexibility index (Phi) is 26.0. The van der Waals surface area contributed by atoms with Gasteiger partial charge in [0.25, 0.3) is 0 Å². The largest absolute Gasteiger partial charge is 0.368 e. The summed E-state index contributed by atoms with van der Waals surface area (Å²) in [6.45, 7) is 11.4. The summed E-state index contributed by atoms with van der Waals surface area (Å²) in [5, 5.41) is 14.0. The molecule has 24 nitrogen and oxygen atoms in total. The van der Waals surface area contributed by atoms with E-state index in [1.54, 1.807) is 97.6 Å². The van der Waals surface area contributed by atoms with E-state index < -0.39 is 0 Å². The van der Waals surface area contributed by atoms with Gasteiger partial charge >= 0.3 is 0 Å². The van der Waals surface area contributed by atoms with Crippen molar-refractivity contribution in [3.05, 3.63) is 336 Å². The molecule has 12 aromatic heterocycles. The third kappa shape index (κ3) is 19.1. The molecule has 8 aromatic carbocycles. The van der Waals surface area contributed by atoms with Crippen LogP contribution in [0.2, 0.25) is 0 Å². The van der Waals surface area contributed by atoms with Crippen molar-refractivity contribution >= 4 is 83.3 Å². The number of nitrogen functional groups attached to an aromatic ring is 1. The van der Waals surface area contributed by atoms with Gasteiger partial charge in [0.2, 0.25) is 23.8 Å². The van der Waals surface area contributed by atoms with Crippen molar-refractivity contribution in [1.29, 1.82) is 0 Å². The Morgan fingerprint density at radius 1 is 0.312 bits per heavy atom. The van der Waals surface area contributed by atoms with Gasteiger partial charge in [0.1, 0.15) is 64.0 Å². The molecule has 4 aliphatic heterocycles. The van der Waals surface area contributed by atoms with Crippen LogP contribution in [0.25, 0.3) is 134 Å². The minimum absolute atomic E-state index is 0.108. The molecule has 0 unspecified atom stereocenters. The molecule has 5 N–H and O–H groups in total. The van der Waals surface area contributed by atoms with Crippen LogP contribution in [0.3, 0.4) is 0 Å². The van der Waals surface area contributed by atoms with Crippen molar-refractivity contribution in [2.75, 3.05) is 41.3 Å². The molecule has 0 saturated heterocycles. The molecule has 4 aliphatic rings. The molecule has 0 saturated carbocycles. The maximum absolute atomic E-state index is 14.0. The van der Waals surface area contributed by atoms with E-state index in [0.717, 1.165) is 236 Å². The molecule has 0 aliphatic carbocycles. The van der Waals surface area contributed by atoms with Crippen LogP contribution in [0.1, 0.15) is 113 Å². The molecule has 0 amide bonds. The van der Waals surface area contributed by atoms with E-state index in [9.17, 15) is 30.7 Å². The SMILES string of the molecule is CCCCNc1nccc(-c2c(-c3ccc(F)cc3)nc3n2[C@H](Cn2ccc4ccc(F)cc42)CC3)n1.CCCNc1nccc(-c2c(-c3ccc(F)cc3)nc3n2[C@H](Cn2ccc4ccc(F)cc42)CC3)n1.CCNc1nccc(-c2c(-c3ccc(F)cc3)nc3n2[C@H](Cn2ccc4ccc(F)cc42)CC3)n1.Nc1nccc(-c2c(-c3ccc(F)cc3)nc3n2[C@H](Cn2ccc4cc(Br)ccc42)CC3)n1. The predicted octanol–water partition coefficient (Wildman–Crippen LogP) is 24.4. The van der Waals surface area contributed by atoms with Gasteiger partial charge < -0.3 is 58.2 Å². The summed E-state index contributed by atoms with van der Waals surface area (Å²) in [4.78, 5) is 56.1. The fraction of sp³-hybridized carbons (Fsp3) is 0.229. The number of halogens is 8. The lowest BCUT2D eigenvalue weighted by Gasteiger charge is -2.19. The molecule has 24 rings (SSSR count). The Hall–Kier alpha value is -15.7. The van der Waals surface area contributed by atoms with E-state index in [4.69, 9.17) is 40.6 Å². The highest BCUT2D eigenvalue weighted by atomic mass is 79.9. The zero-order valence-corrected chi connectivity index (χ0v) is 79.1. The summed E-state index contributed by atoms with van der Waals surface area (Å²) in [6.07, 6.45) is 25.2. The summed E-state index contributed by atoms with van der Waals surface area (Å²) in [7, 11) is 0. The van der Waals surface area contributed by atoms with Gasteiger partial charge in [-0.2, -0.15) is 0 Å². The fourth-order valence-electron chi connectivity index (χ4n) is 20.0. The lowest BCUT2D eigenvalue weighted by molar-refractivity contribution is 0.459. The number of nitrogens with two attached hydrogens (primary N) is 1. The highest BCUT2D eigenvalue weighted by Gasteiger charge is 2.37. The molecule has 4 atom stereocenters. The number of hydrogen-bond donors (Lipinski definition) is 4. The summed E-state index contributed by atoms with van der Waals surface area (Å²) >= 11 is 3.55. The smallest absolute Gasteiger partial charge is 0.223 e. The number of aryl methyl sites for hydroxylation is 4. The molecule has 0 fully saturated rings. The highest BCUT2D eigenvalue weighted by molar-refractivity contribution is 9.10. The van der Waals surface area contributed by atoms with E-state index in [0.29, 0.717) is 49.7 Å². The second-order valence-corrected chi connectivity index (χ2v) is 36.6. The maximum atomic E-state index is 14.0. The van der Waals surface area contributed by atoms with Crippen LogP contribution in [-0.4, -0.2) is 116 Å². The zero-order chi connectivity index (χ0) is 96.5. The van der Waals surface area contributed by atoms with Crippen molar-refractivity contribution in [2.24, 2.45) is 0 Å². The zero-order valence-electron chi connectivity index (χ0n) is 77.5. The first kappa shape index (κ1) is 91.7. The van der Waals surface area contributed by atoms with E-state index in [1.807, 2.05) is 80.1 Å². The van der Waals surface area contributed by atoms with Gasteiger partial charge in [-0.15, -0.1) is 0 Å². The Balaban J connectivity index is 0.000000111. The third-order valence-electron chi connectivity index (χ3n) is 26.5. The first-order chi connectivity index (χ1) is 68.9. The third-order valence-corrected chi connectivity index (χ3v) is 27.0. The lowest BCUT2D eigenvalue weighted by atomic mass is 10.1. The minimum Gasteiger partial charge on any atom is -0.368 e. The van der Waals surface area contributed by atoms with Crippen LogP contribution in [0, 0.1) is 40.7 Å². The number of anilines is 4. The average molecular weight is 1960 g/mol. The number of nitrogens with one attached hydrogen (secondary N) is 3. The van der Waals surface area contributed by atoms with Gasteiger partial charge in [0, 0.05) is 159 Å². The standard InChI is InChI=1S/C29H28F2N6.C28H26F2N6.C27H24F2N6.C25H20BrFN6/c1-2-3-14-32-29-33-15-12-24(34-29)28-27(20-5-7-21(30)8-6-20)35-26-11-10-23(37(26)28)18-36-16-13-19-4-9-22(31)17-25(19)36;1-2-13-31-28-32-14-11-23(33-28)27-26(19-4-6-20(29)7-5-19)34-25-10-9-22(36(25)27)17-35-15-12-18-3-8-21(30)16-24(18)35;1-2-30-27-31-13-11-22(32-27)26-25(18-4-6-19(28)7-5-18)33-24-10-9-21(35(24)26)16-34-14-12-17-3-8-20(29)15-23(17)34;26-17-3-7-21-16(13-17)10-12-32(21)14-19-6-8-22-31-23(15-1-4-18(27)5-2-15)24(33(19)22)20-9-11-29-25(28)30-20/h4-9,12-13,15-17,23H,2-3,10-11,14,18H2,1H3,(H,32,33,34);3-8,11-12,14-16,22H,2,9-10,13,17H2,1H3,(H,31,32,33);3-8,11-15,21H,2,9-10,16H2,1H3,(H,30,31,32);1-5,7,9-13,19H,6,8,14H2,(H2,28,29,30)/t23-;22-;21-;19-/m0000/s1. The molecule has 141 heavy (non-hydrogen) atoms. The predicted molar refractivity (Wildman–Crippen MR) is 540 cm³/mol. The van der Waals surface area contributed by atoms with E-state index >= 15 is 0 Å². The molecule has 16 heterocycles. The number of fused-ring (bicyclic) bond motifs is 8. The number of unbranched alkanes of at least 4 members (excludes halogenated alkanes) is 1. The molecule has 0 spiro atoms. The number of imidazole rings is 4. The molecule has 0 radical (unpaired) electrons. The van der Waals surface area contributed by atoms with Gasteiger partial charge in [-0.3, -0.25) is 0 Å². The van der Waals surface area contributed by atoms with Crippen LogP contribution in [0.4, 0.5) is 54.5 Å². The second-order valence-electron chi connectivity index (χ2n) is 35.7. The van der Waals surface area contributed by atoms with Gasteiger partial charge in [-0.1, -0.05) is 36.2 Å². The summed E-state index contributed by atoms with van der Waals surface area (Å²) < 4.78 is 115. The first-order valence-corrected chi connectivity index (χ1v) is 48.4. The minimum atomic E-state index is -0.289. The summed E-state index contributed by atoms with van der Waals surface area (Å²) in [5.74, 6) is 3.95. The Bertz CT molecular complexity index is 7950. The van der Waals surface area contributed by atoms with Crippen LogP contribution in [0.15, 0.2) is 272 Å². The van der Waals surface area contributed by atoms with Gasteiger partial charge in [-0.25, -0.2) is 90.5 Å². The summed E-state index contributed by atoms with van der Waals surface area (Å²) in [6, 6.07) is 62.9. The van der Waals surface area contributed by atoms with Gasteiger partial charge in [0.05, 0.1) is 109 Å². The molecular weight excluding hydrogens is 1860 g/mol. The molecule has 32 heteroatoms. The maximum Gasteiger partial charge on any atom is 0.223 e.